The molecule has 1 saturated heterocycles. The number of carbonyl (C=O) groups is 1. The average molecular weight is 278 g/mol. The summed E-state index contributed by atoms with van der Waals surface area (Å²) in [6.07, 6.45) is 3.16. The second-order valence-electron chi connectivity index (χ2n) is 5.31. The molecule has 1 atom stereocenters. The van der Waals surface area contributed by atoms with E-state index in [2.05, 4.69) is 34.0 Å². The summed E-state index contributed by atoms with van der Waals surface area (Å²) < 4.78 is 5.34. The summed E-state index contributed by atoms with van der Waals surface area (Å²) in [4.78, 5) is 22.4. The number of morpholine rings is 1. The van der Waals surface area contributed by atoms with Gasteiger partial charge in [-0.15, -0.1) is 0 Å². The largest absolute Gasteiger partial charge is 0.379 e. The maximum Gasteiger partial charge on any atom is 0.289 e. The molecule has 2 heterocycles. The molecule has 1 aliphatic rings. The first-order valence-corrected chi connectivity index (χ1v) is 7.05. The quantitative estimate of drug-likeness (QED) is 0.852. The lowest BCUT2D eigenvalue weighted by molar-refractivity contribution is 0.0307. The molecule has 0 aromatic carbocycles. The first kappa shape index (κ1) is 14.9. The third-order valence-corrected chi connectivity index (χ3v) is 3.45. The van der Waals surface area contributed by atoms with Gasteiger partial charge in [0.1, 0.15) is 0 Å². The molecule has 1 aliphatic heterocycles. The van der Waals surface area contributed by atoms with Gasteiger partial charge in [0.2, 0.25) is 5.82 Å². The highest BCUT2D eigenvalue weighted by Gasteiger charge is 2.22. The Morgan fingerprint density at radius 1 is 1.35 bits per heavy atom. The summed E-state index contributed by atoms with van der Waals surface area (Å²) in [5, 5.41) is 3.03. The summed E-state index contributed by atoms with van der Waals surface area (Å²) in [5.41, 5.74) is 0. The maximum absolute atomic E-state index is 12.1. The zero-order valence-corrected chi connectivity index (χ0v) is 12.1. The summed E-state index contributed by atoms with van der Waals surface area (Å²) in [6.45, 7) is 8.41. The van der Waals surface area contributed by atoms with Crippen molar-refractivity contribution < 1.29 is 9.53 Å². The molecular formula is C14H22N4O2. The van der Waals surface area contributed by atoms with Crippen LogP contribution in [0.15, 0.2) is 18.5 Å². The molecule has 0 spiro atoms. The Morgan fingerprint density at radius 3 is 2.60 bits per heavy atom. The van der Waals surface area contributed by atoms with Crippen LogP contribution in [0, 0.1) is 5.92 Å². The predicted octanol–water partition coefficient (Wildman–Crippen LogP) is 0.563. The summed E-state index contributed by atoms with van der Waals surface area (Å²) in [6, 6.07) is 1.79. The van der Waals surface area contributed by atoms with Crippen molar-refractivity contribution in [3.63, 3.8) is 0 Å². The number of hydrogen-bond acceptors (Lipinski definition) is 5. The maximum atomic E-state index is 12.1. The fraction of sp³-hybridized carbons (Fsp3) is 0.643. The van der Waals surface area contributed by atoms with E-state index in [1.807, 2.05) is 0 Å². The van der Waals surface area contributed by atoms with Crippen LogP contribution in [0.25, 0.3) is 0 Å². The van der Waals surface area contributed by atoms with E-state index in [4.69, 9.17) is 4.74 Å². The number of hydrogen-bond donors (Lipinski definition) is 1. The highest BCUT2D eigenvalue weighted by molar-refractivity contribution is 5.90. The molecule has 1 aromatic heterocycles. The minimum absolute atomic E-state index is 0.0874. The Balaban J connectivity index is 1.93. The number of nitrogens with zero attached hydrogens (tertiary/aromatic N) is 3. The highest BCUT2D eigenvalue weighted by atomic mass is 16.5. The van der Waals surface area contributed by atoms with Crippen molar-refractivity contribution in [3.05, 3.63) is 24.3 Å². The van der Waals surface area contributed by atoms with Crippen LogP contribution < -0.4 is 5.32 Å². The van der Waals surface area contributed by atoms with E-state index in [0.29, 0.717) is 5.92 Å². The monoisotopic (exact) mass is 278 g/mol. The van der Waals surface area contributed by atoms with Crippen LogP contribution in [0.3, 0.4) is 0 Å². The molecule has 110 valence electrons. The van der Waals surface area contributed by atoms with Crippen LogP contribution in [-0.2, 0) is 4.74 Å². The molecule has 0 saturated carbocycles. The van der Waals surface area contributed by atoms with Crippen molar-refractivity contribution in [1.82, 2.24) is 20.2 Å². The van der Waals surface area contributed by atoms with Crippen LogP contribution in [0.1, 0.15) is 24.5 Å². The third kappa shape index (κ3) is 4.25. The van der Waals surface area contributed by atoms with Gasteiger partial charge in [0.15, 0.2) is 0 Å². The molecule has 0 unspecified atom stereocenters. The van der Waals surface area contributed by atoms with Crippen LogP contribution in [0.2, 0.25) is 0 Å². The van der Waals surface area contributed by atoms with Gasteiger partial charge in [0, 0.05) is 38.1 Å². The minimum atomic E-state index is -0.211. The van der Waals surface area contributed by atoms with E-state index in [0.717, 1.165) is 32.8 Å². The molecule has 0 bridgehead atoms. The van der Waals surface area contributed by atoms with E-state index in [9.17, 15) is 4.79 Å². The van der Waals surface area contributed by atoms with Crippen LogP contribution in [-0.4, -0.2) is 59.7 Å². The first-order chi connectivity index (χ1) is 9.66. The number of rotatable bonds is 5. The SMILES string of the molecule is CC(C)[C@@H](CN1CCOCC1)NC(=O)c1ncccn1. The molecule has 1 N–H and O–H groups in total. The molecule has 6 nitrogen and oxygen atoms in total. The van der Waals surface area contributed by atoms with Crippen LogP contribution in [0.5, 0.6) is 0 Å². The molecule has 1 aromatic rings. The lowest BCUT2D eigenvalue weighted by atomic mass is 10.0. The zero-order valence-electron chi connectivity index (χ0n) is 12.1. The van der Waals surface area contributed by atoms with Crippen LogP contribution >= 0.6 is 0 Å². The summed E-state index contributed by atoms with van der Waals surface area (Å²) in [5.74, 6) is 0.364. The van der Waals surface area contributed by atoms with Crippen LogP contribution in [0.4, 0.5) is 0 Å². The molecule has 20 heavy (non-hydrogen) atoms. The normalized spacial score (nSPS) is 17.9. The Morgan fingerprint density at radius 2 is 2.00 bits per heavy atom. The van der Waals surface area contributed by atoms with E-state index in [1.54, 1.807) is 18.5 Å². The molecule has 0 aliphatic carbocycles. The number of carbonyl (C=O) groups excluding carboxylic acids is 1. The topological polar surface area (TPSA) is 67.3 Å². The molecule has 1 fully saturated rings. The standard InChI is InChI=1S/C14H22N4O2/c1-11(2)12(10-18-6-8-20-9-7-18)17-14(19)13-15-4-3-5-16-13/h3-5,11-12H,6-10H2,1-2H3,(H,17,19)/t12-/m1/s1. The highest BCUT2D eigenvalue weighted by Crippen LogP contribution is 2.07. The number of nitrogens with one attached hydrogen (secondary N) is 1. The van der Waals surface area contributed by atoms with Gasteiger partial charge in [0.25, 0.3) is 5.91 Å². The van der Waals surface area contributed by atoms with Gasteiger partial charge in [-0.3, -0.25) is 9.69 Å². The van der Waals surface area contributed by atoms with Crippen molar-refractivity contribution in [2.24, 2.45) is 5.92 Å². The Bertz CT molecular complexity index is 418. The predicted molar refractivity (Wildman–Crippen MR) is 75.4 cm³/mol. The number of ether oxygens (including phenoxy) is 1. The lowest BCUT2D eigenvalue weighted by Gasteiger charge is -2.32. The average Bonchev–Trinajstić information content (AvgIpc) is 2.48. The Kier molecular flexibility index (Phi) is 5.43. The van der Waals surface area contributed by atoms with E-state index in [-0.39, 0.29) is 17.8 Å². The third-order valence-electron chi connectivity index (χ3n) is 3.45. The fourth-order valence-electron chi connectivity index (χ4n) is 2.13. The number of aromatic nitrogens is 2. The smallest absolute Gasteiger partial charge is 0.289 e. The van der Waals surface area contributed by atoms with Crippen molar-refractivity contribution >= 4 is 5.91 Å². The lowest BCUT2D eigenvalue weighted by Crippen LogP contribution is -2.49. The summed E-state index contributed by atoms with van der Waals surface area (Å²) in [7, 11) is 0. The van der Waals surface area contributed by atoms with Gasteiger partial charge < -0.3 is 10.1 Å². The molecule has 1 amide bonds. The second-order valence-corrected chi connectivity index (χ2v) is 5.31. The first-order valence-electron chi connectivity index (χ1n) is 7.05. The summed E-state index contributed by atoms with van der Waals surface area (Å²) >= 11 is 0. The Hall–Kier alpha value is -1.53. The van der Waals surface area contributed by atoms with Gasteiger partial charge in [-0.1, -0.05) is 13.8 Å². The van der Waals surface area contributed by atoms with Gasteiger partial charge in [-0.05, 0) is 12.0 Å². The Labute approximate surface area is 119 Å². The molecule has 2 rings (SSSR count). The van der Waals surface area contributed by atoms with Crippen molar-refractivity contribution in [2.75, 3.05) is 32.8 Å². The van der Waals surface area contributed by atoms with Crippen molar-refractivity contribution in [3.8, 4) is 0 Å². The van der Waals surface area contributed by atoms with Gasteiger partial charge >= 0.3 is 0 Å². The van der Waals surface area contributed by atoms with Gasteiger partial charge in [0.05, 0.1) is 13.2 Å². The van der Waals surface area contributed by atoms with E-state index in [1.165, 1.54) is 0 Å². The number of amides is 1. The molecular weight excluding hydrogens is 256 g/mol. The van der Waals surface area contributed by atoms with Gasteiger partial charge in [-0.2, -0.15) is 0 Å². The fourth-order valence-corrected chi connectivity index (χ4v) is 2.13. The minimum Gasteiger partial charge on any atom is -0.379 e. The van der Waals surface area contributed by atoms with Crippen molar-refractivity contribution in [1.29, 1.82) is 0 Å². The van der Waals surface area contributed by atoms with Crippen molar-refractivity contribution in [2.45, 2.75) is 19.9 Å². The van der Waals surface area contributed by atoms with E-state index < -0.39 is 0 Å². The van der Waals surface area contributed by atoms with Gasteiger partial charge in [-0.25, -0.2) is 9.97 Å². The zero-order chi connectivity index (χ0) is 14.4. The molecule has 6 heteroatoms. The second kappa shape index (κ2) is 7.31. The van der Waals surface area contributed by atoms with E-state index >= 15 is 0 Å². The molecule has 0 radical (unpaired) electrons.